The molecule has 1 aromatic carbocycles. The van der Waals surface area contributed by atoms with Crippen LogP contribution in [0.1, 0.15) is 12.8 Å². The molecule has 2 aliphatic rings. The molecule has 0 spiro atoms. The van der Waals surface area contributed by atoms with Crippen LogP contribution >= 0.6 is 0 Å². The highest BCUT2D eigenvalue weighted by molar-refractivity contribution is 5.91. The summed E-state index contributed by atoms with van der Waals surface area (Å²) in [6.07, 6.45) is 1.10. The molecule has 0 bridgehead atoms. The molecule has 3 rings (SSSR count). The SMILES string of the molecule is COCCN1C(=O)C[C@@H]2[C@@H]1CCN2C(=O)Nc1cccc(F)c1. The monoisotopic (exact) mass is 321 g/mol. The van der Waals surface area contributed by atoms with Crippen molar-refractivity contribution in [3.63, 3.8) is 0 Å². The van der Waals surface area contributed by atoms with Gasteiger partial charge in [0.15, 0.2) is 0 Å². The Morgan fingerprint density at radius 3 is 3.00 bits per heavy atom. The molecule has 2 saturated heterocycles. The lowest BCUT2D eigenvalue weighted by atomic mass is 10.1. The lowest BCUT2D eigenvalue weighted by molar-refractivity contribution is -0.129. The molecule has 6 nitrogen and oxygen atoms in total. The first kappa shape index (κ1) is 15.7. The van der Waals surface area contributed by atoms with Gasteiger partial charge >= 0.3 is 6.03 Å². The molecule has 2 atom stereocenters. The smallest absolute Gasteiger partial charge is 0.322 e. The van der Waals surface area contributed by atoms with E-state index in [0.717, 1.165) is 6.42 Å². The third-order valence-electron chi connectivity index (χ3n) is 4.49. The summed E-state index contributed by atoms with van der Waals surface area (Å²) in [5.41, 5.74) is 0.416. The van der Waals surface area contributed by atoms with E-state index < -0.39 is 5.82 Å². The Kier molecular flexibility index (Phi) is 4.47. The number of halogens is 1. The second kappa shape index (κ2) is 6.54. The number of fused-ring (bicyclic) bond motifs is 1. The number of nitrogens with one attached hydrogen (secondary N) is 1. The van der Waals surface area contributed by atoms with Crippen molar-refractivity contribution >= 4 is 17.6 Å². The second-order valence-electron chi connectivity index (χ2n) is 5.84. The molecule has 0 saturated carbocycles. The Hall–Kier alpha value is -2.15. The Balaban J connectivity index is 1.66. The molecule has 1 N–H and O–H groups in total. The van der Waals surface area contributed by atoms with Crippen molar-refractivity contribution in [3.05, 3.63) is 30.1 Å². The molecule has 3 amide bonds. The van der Waals surface area contributed by atoms with E-state index in [1.807, 2.05) is 4.90 Å². The van der Waals surface area contributed by atoms with Gasteiger partial charge in [-0.25, -0.2) is 9.18 Å². The van der Waals surface area contributed by atoms with Gasteiger partial charge in [0.1, 0.15) is 5.82 Å². The number of hydrogen-bond donors (Lipinski definition) is 1. The van der Waals surface area contributed by atoms with Crippen LogP contribution < -0.4 is 5.32 Å². The van der Waals surface area contributed by atoms with E-state index in [9.17, 15) is 14.0 Å². The normalized spacial score (nSPS) is 23.3. The summed E-state index contributed by atoms with van der Waals surface area (Å²) in [7, 11) is 1.60. The molecule has 7 heteroatoms. The van der Waals surface area contributed by atoms with E-state index in [0.29, 0.717) is 31.8 Å². The van der Waals surface area contributed by atoms with Crippen molar-refractivity contribution in [1.82, 2.24) is 9.80 Å². The van der Waals surface area contributed by atoms with E-state index in [-0.39, 0.29) is 24.0 Å². The predicted octanol–water partition coefficient (Wildman–Crippen LogP) is 1.68. The first-order valence-corrected chi connectivity index (χ1v) is 7.71. The van der Waals surface area contributed by atoms with Crippen LogP contribution in [0.5, 0.6) is 0 Å². The fourth-order valence-electron chi connectivity index (χ4n) is 3.42. The number of hydrogen-bond acceptors (Lipinski definition) is 3. The average Bonchev–Trinajstić information content (AvgIpc) is 3.03. The zero-order valence-corrected chi connectivity index (χ0v) is 13.0. The number of urea groups is 1. The highest BCUT2D eigenvalue weighted by atomic mass is 19.1. The molecule has 2 heterocycles. The average molecular weight is 321 g/mol. The van der Waals surface area contributed by atoms with Crippen LogP contribution in [-0.2, 0) is 9.53 Å². The fraction of sp³-hybridized carbons (Fsp3) is 0.500. The van der Waals surface area contributed by atoms with Crippen molar-refractivity contribution in [2.75, 3.05) is 32.1 Å². The predicted molar refractivity (Wildman–Crippen MR) is 82.5 cm³/mol. The summed E-state index contributed by atoms with van der Waals surface area (Å²) in [5.74, 6) is -0.343. The van der Waals surface area contributed by atoms with Crippen molar-refractivity contribution in [2.24, 2.45) is 0 Å². The van der Waals surface area contributed by atoms with Crippen LogP contribution in [0.25, 0.3) is 0 Å². The van der Waals surface area contributed by atoms with Crippen LogP contribution in [0.4, 0.5) is 14.9 Å². The topological polar surface area (TPSA) is 61.9 Å². The quantitative estimate of drug-likeness (QED) is 0.918. The van der Waals surface area contributed by atoms with Crippen molar-refractivity contribution in [3.8, 4) is 0 Å². The van der Waals surface area contributed by atoms with Crippen LogP contribution in [0, 0.1) is 5.82 Å². The van der Waals surface area contributed by atoms with Crippen LogP contribution in [0.2, 0.25) is 0 Å². The highest BCUT2D eigenvalue weighted by Crippen LogP contribution is 2.32. The molecule has 0 unspecified atom stereocenters. The van der Waals surface area contributed by atoms with Gasteiger partial charge in [-0.05, 0) is 24.6 Å². The first-order valence-electron chi connectivity index (χ1n) is 7.71. The van der Waals surface area contributed by atoms with Gasteiger partial charge in [-0.3, -0.25) is 4.79 Å². The fourth-order valence-corrected chi connectivity index (χ4v) is 3.42. The summed E-state index contributed by atoms with van der Waals surface area (Å²) in [5, 5.41) is 2.70. The minimum absolute atomic E-state index is 0.0518. The van der Waals surface area contributed by atoms with Crippen LogP contribution in [0.3, 0.4) is 0 Å². The van der Waals surface area contributed by atoms with E-state index in [1.54, 1.807) is 24.1 Å². The lowest BCUT2D eigenvalue weighted by Gasteiger charge is -2.25. The molecule has 0 radical (unpaired) electrons. The maximum absolute atomic E-state index is 13.2. The van der Waals surface area contributed by atoms with Gasteiger partial charge in [0.05, 0.1) is 18.7 Å². The van der Waals surface area contributed by atoms with Crippen LogP contribution in [0.15, 0.2) is 24.3 Å². The Bertz CT molecular complexity index is 610. The van der Waals surface area contributed by atoms with E-state index in [2.05, 4.69) is 5.32 Å². The Morgan fingerprint density at radius 1 is 1.43 bits per heavy atom. The van der Waals surface area contributed by atoms with E-state index >= 15 is 0 Å². The molecule has 2 aliphatic heterocycles. The summed E-state index contributed by atoms with van der Waals surface area (Å²) in [4.78, 5) is 28.1. The molecule has 1 aromatic rings. The number of rotatable bonds is 4. The molecular weight excluding hydrogens is 301 g/mol. The number of benzene rings is 1. The maximum Gasteiger partial charge on any atom is 0.322 e. The first-order chi connectivity index (χ1) is 11.1. The number of ether oxygens (including phenoxy) is 1. The number of methoxy groups -OCH3 is 1. The summed E-state index contributed by atoms with van der Waals surface area (Å²) in [6.45, 7) is 1.63. The van der Waals surface area contributed by atoms with Crippen molar-refractivity contribution in [2.45, 2.75) is 24.9 Å². The number of amides is 3. The van der Waals surface area contributed by atoms with Crippen molar-refractivity contribution in [1.29, 1.82) is 0 Å². The van der Waals surface area contributed by atoms with Gasteiger partial charge < -0.3 is 19.9 Å². The largest absolute Gasteiger partial charge is 0.383 e. The molecule has 0 aliphatic carbocycles. The third-order valence-corrected chi connectivity index (χ3v) is 4.49. The zero-order valence-electron chi connectivity index (χ0n) is 13.0. The van der Waals surface area contributed by atoms with Crippen molar-refractivity contribution < 1.29 is 18.7 Å². The van der Waals surface area contributed by atoms with Crippen LogP contribution in [-0.4, -0.2) is 60.6 Å². The summed E-state index contributed by atoms with van der Waals surface area (Å²) >= 11 is 0. The number of carbonyl (C=O) groups is 2. The second-order valence-corrected chi connectivity index (χ2v) is 5.84. The number of carbonyl (C=O) groups excluding carboxylic acids is 2. The van der Waals surface area contributed by atoms with Gasteiger partial charge in [0, 0.05) is 32.3 Å². The maximum atomic E-state index is 13.2. The van der Waals surface area contributed by atoms with Gasteiger partial charge in [-0.2, -0.15) is 0 Å². The van der Waals surface area contributed by atoms with E-state index in [1.165, 1.54) is 12.1 Å². The molecule has 0 aromatic heterocycles. The molecule has 124 valence electrons. The number of nitrogens with zero attached hydrogens (tertiary/aromatic N) is 2. The highest BCUT2D eigenvalue weighted by Gasteiger charge is 2.48. The number of likely N-dealkylation sites (tertiary alicyclic amines) is 2. The molecular formula is C16H20FN3O3. The van der Waals surface area contributed by atoms with Gasteiger partial charge in [0.25, 0.3) is 0 Å². The summed E-state index contributed by atoms with van der Waals surface area (Å²) in [6, 6.07) is 5.43. The van der Waals surface area contributed by atoms with Gasteiger partial charge in [0.2, 0.25) is 5.91 Å². The molecule has 23 heavy (non-hydrogen) atoms. The summed E-state index contributed by atoms with van der Waals surface area (Å²) < 4.78 is 18.2. The zero-order chi connectivity index (χ0) is 16.4. The van der Waals surface area contributed by atoms with Gasteiger partial charge in [-0.1, -0.05) is 6.07 Å². The van der Waals surface area contributed by atoms with Gasteiger partial charge in [-0.15, -0.1) is 0 Å². The van der Waals surface area contributed by atoms with E-state index in [4.69, 9.17) is 4.74 Å². The molecule has 2 fully saturated rings. The Morgan fingerprint density at radius 2 is 2.26 bits per heavy atom. The number of anilines is 1. The minimum atomic E-state index is -0.399. The third kappa shape index (κ3) is 3.14. The standard InChI is InChI=1S/C16H20FN3O3/c1-23-8-7-19-13-5-6-20(14(13)10-15(19)21)16(22)18-12-4-2-3-11(17)9-12/h2-4,9,13-14H,5-8,10H2,1H3,(H,18,22)/t13-,14+/m0/s1. The lowest BCUT2D eigenvalue weighted by Crippen LogP contribution is -2.42. The minimum Gasteiger partial charge on any atom is -0.383 e. The Labute approximate surface area is 134 Å².